The van der Waals surface area contributed by atoms with Crippen LogP contribution in [0.5, 0.6) is 17.2 Å². The van der Waals surface area contributed by atoms with Crippen LogP contribution in [0.3, 0.4) is 0 Å². The van der Waals surface area contributed by atoms with E-state index in [9.17, 15) is 14.7 Å². The summed E-state index contributed by atoms with van der Waals surface area (Å²) in [5.74, 6) is -0.264. The Balaban J connectivity index is 1.60. The van der Waals surface area contributed by atoms with Gasteiger partial charge in [-0.3, -0.25) is 14.5 Å². The molecule has 1 amide bonds. The second-order valence-corrected chi connectivity index (χ2v) is 9.92. The number of Topliss-reactive ketones (excluding diaryl/α,β-unsaturated/α-hetero) is 1. The number of unbranched alkanes of at least 4 members (excludes halogenated alkanes) is 2. The number of benzene rings is 2. The van der Waals surface area contributed by atoms with E-state index in [0.717, 1.165) is 19.3 Å². The monoisotopic (exact) mass is 521 g/mol. The minimum absolute atomic E-state index is 0.0438. The maximum absolute atomic E-state index is 13.4. The first-order chi connectivity index (χ1) is 18.0. The molecule has 9 nitrogen and oxygen atoms in total. The summed E-state index contributed by atoms with van der Waals surface area (Å²) >= 11 is 1.20. The van der Waals surface area contributed by atoms with E-state index in [1.165, 1.54) is 16.2 Å². The van der Waals surface area contributed by atoms with Crippen molar-refractivity contribution in [1.29, 1.82) is 0 Å². The molecule has 0 radical (unpaired) electrons. The molecule has 0 bridgehead atoms. The molecule has 2 aromatic carbocycles. The summed E-state index contributed by atoms with van der Waals surface area (Å²) < 4.78 is 17.1. The normalized spacial score (nSPS) is 18.3. The third-order valence-electron chi connectivity index (χ3n) is 6.17. The number of nitrogens with zero attached hydrogens (tertiary/aromatic N) is 3. The number of rotatable bonds is 8. The van der Waals surface area contributed by atoms with Gasteiger partial charge in [0.2, 0.25) is 5.13 Å². The molecule has 3 heterocycles. The summed E-state index contributed by atoms with van der Waals surface area (Å²) in [5.41, 5.74) is 0.907. The molecule has 0 saturated carbocycles. The van der Waals surface area contributed by atoms with E-state index in [1.54, 1.807) is 43.3 Å². The number of fused-ring (bicyclic) bond motifs is 1. The van der Waals surface area contributed by atoms with E-state index in [4.69, 9.17) is 14.2 Å². The summed E-state index contributed by atoms with van der Waals surface area (Å²) in [5, 5.41) is 20.5. The van der Waals surface area contributed by atoms with E-state index in [0.29, 0.717) is 53.2 Å². The Morgan fingerprint density at radius 2 is 1.92 bits per heavy atom. The topological polar surface area (TPSA) is 111 Å². The highest BCUT2D eigenvalue weighted by Gasteiger charge is 2.48. The molecule has 3 aromatic rings. The van der Waals surface area contributed by atoms with E-state index in [-0.39, 0.29) is 16.5 Å². The highest BCUT2D eigenvalue weighted by molar-refractivity contribution is 7.15. The first-order valence-corrected chi connectivity index (χ1v) is 13.0. The van der Waals surface area contributed by atoms with Crippen molar-refractivity contribution < 1.29 is 28.9 Å². The highest BCUT2D eigenvalue weighted by Crippen LogP contribution is 2.44. The lowest BCUT2D eigenvalue weighted by Gasteiger charge is -2.23. The van der Waals surface area contributed by atoms with Crippen molar-refractivity contribution >= 4 is 33.9 Å². The molecule has 1 atom stereocenters. The molecule has 2 aliphatic heterocycles. The largest absolute Gasteiger partial charge is 0.507 e. The summed E-state index contributed by atoms with van der Waals surface area (Å²) in [6.07, 6.45) is 3.07. The van der Waals surface area contributed by atoms with Gasteiger partial charge in [-0.15, -0.1) is 10.2 Å². The first kappa shape index (κ1) is 24.8. The lowest BCUT2D eigenvalue weighted by Crippen LogP contribution is -2.29. The number of hydrogen-bond donors (Lipinski definition) is 1. The molecule has 1 fully saturated rings. The number of anilines is 1. The molecule has 2 aliphatic rings. The Morgan fingerprint density at radius 1 is 1.11 bits per heavy atom. The zero-order valence-electron chi connectivity index (χ0n) is 20.6. The van der Waals surface area contributed by atoms with Gasteiger partial charge in [-0.25, -0.2) is 0 Å². The minimum Gasteiger partial charge on any atom is -0.507 e. The average molecular weight is 522 g/mol. The van der Waals surface area contributed by atoms with Gasteiger partial charge in [0, 0.05) is 5.56 Å². The summed E-state index contributed by atoms with van der Waals surface area (Å²) in [6.45, 7) is 5.27. The minimum atomic E-state index is -0.917. The van der Waals surface area contributed by atoms with Crippen LogP contribution in [-0.4, -0.2) is 46.8 Å². The highest BCUT2D eigenvalue weighted by atomic mass is 32.1. The van der Waals surface area contributed by atoms with Crippen molar-refractivity contribution in [2.75, 3.05) is 24.7 Å². The molecule has 1 unspecified atom stereocenters. The second kappa shape index (κ2) is 10.6. The van der Waals surface area contributed by atoms with Gasteiger partial charge < -0.3 is 19.3 Å². The lowest BCUT2D eigenvalue weighted by atomic mass is 9.95. The average Bonchev–Trinajstić information content (AvgIpc) is 3.46. The number of carbonyl (C=O) groups is 2. The first-order valence-electron chi connectivity index (χ1n) is 12.2. The van der Waals surface area contributed by atoms with Crippen LogP contribution in [0.15, 0.2) is 48.0 Å². The maximum Gasteiger partial charge on any atom is 0.301 e. The second-order valence-electron chi connectivity index (χ2n) is 8.76. The quantitative estimate of drug-likeness (QED) is 0.195. The predicted molar refractivity (Wildman–Crippen MR) is 138 cm³/mol. The van der Waals surface area contributed by atoms with Crippen LogP contribution in [0.1, 0.15) is 48.4 Å². The molecular formula is C27H27N3O6S. The number of ketones is 1. The van der Waals surface area contributed by atoms with Gasteiger partial charge in [0.15, 0.2) is 11.5 Å². The smallest absolute Gasteiger partial charge is 0.301 e. The maximum atomic E-state index is 13.4. The molecular weight excluding hydrogens is 494 g/mol. The molecule has 0 spiro atoms. The van der Waals surface area contributed by atoms with Crippen LogP contribution in [0, 0.1) is 6.92 Å². The van der Waals surface area contributed by atoms with Crippen LogP contribution < -0.4 is 19.1 Å². The SMILES string of the molecule is CCCCCOc1cccc(C2C(=C(O)c3ccc4c(c3)OCCO4)C(=O)C(=O)N2c2nnc(C)s2)c1. The Labute approximate surface area is 218 Å². The number of aromatic nitrogens is 2. The van der Waals surface area contributed by atoms with E-state index >= 15 is 0 Å². The van der Waals surface area contributed by atoms with Crippen molar-refractivity contribution in [2.45, 2.75) is 39.2 Å². The van der Waals surface area contributed by atoms with Crippen LogP contribution in [-0.2, 0) is 9.59 Å². The van der Waals surface area contributed by atoms with Crippen LogP contribution >= 0.6 is 11.3 Å². The molecule has 1 N–H and O–H groups in total. The van der Waals surface area contributed by atoms with Gasteiger partial charge in [-0.1, -0.05) is 43.2 Å². The molecule has 1 saturated heterocycles. The fourth-order valence-corrected chi connectivity index (χ4v) is 5.11. The Kier molecular flexibility index (Phi) is 7.09. The van der Waals surface area contributed by atoms with Crippen molar-refractivity contribution in [3.63, 3.8) is 0 Å². The Morgan fingerprint density at radius 3 is 2.68 bits per heavy atom. The number of amides is 1. The summed E-state index contributed by atoms with van der Waals surface area (Å²) in [4.78, 5) is 28.0. The number of aliphatic hydroxyl groups excluding tert-OH is 1. The van der Waals surface area contributed by atoms with Crippen LogP contribution in [0.2, 0.25) is 0 Å². The van der Waals surface area contributed by atoms with E-state index < -0.39 is 17.7 Å². The van der Waals surface area contributed by atoms with Crippen molar-refractivity contribution in [3.05, 3.63) is 64.2 Å². The molecule has 10 heteroatoms. The molecule has 192 valence electrons. The Bertz CT molecular complexity index is 1370. The third-order valence-corrected chi connectivity index (χ3v) is 7.01. The van der Waals surface area contributed by atoms with Gasteiger partial charge in [0.05, 0.1) is 18.2 Å². The number of aryl methyl sites for hydroxylation is 1. The molecule has 5 rings (SSSR count). The van der Waals surface area contributed by atoms with E-state index in [2.05, 4.69) is 17.1 Å². The number of hydrogen-bond acceptors (Lipinski definition) is 9. The third kappa shape index (κ3) is 4.89. The van der Waals surface area contributed by atoms with Crippen LogP contribution in [0.4, 0.5) is 5.13 Å². The zero-order valence-corrected chi connectivity index (χ0v) is 21.4. The molecule has 37 heavy (non-hydrogen) atoms. The van der Waals surface area contributed by atoms with Crippen molar-refractivity contribution in [3.8, 4) is 17.2 Å². The summed E-state index contributed by atoms with van der Waals surface area (Å²) in [7, 11) is 0. The standard InChI is InChI=1S/C27H27N3O6S/c1-3-4-5-11-34-19-8-6-7-17(14-19)23-22(25(32)26(33)30(23)27-29-28-16(2)37-27)24(31)18-9-10-20-21(15-18)36-13-12-35-20/h6-10,14-15,23,31H,3-5,11-13H2,1-2H3. The van der Waals surface area contributed by atoms with Crippen LogP contribution in [0.25, 0.3) is 5.76 Å². The Hall–Kier alpha value is -3.92. The van der Waals surface area contributed by atoms with Crippen molar-refractivity contribution in [1.82, 2.24) is 10.2 Å². The number of carbonyl (C=O) groups excluding carboxylic acids is 2. The molecule has 0 aliphatic carbocycles. The fourth-order valence-electron chi connectivity index (χ4n) is 4.39. The van der Waals surface area contributed by atoms with E-state index in [1.807, 2.05) is 6.07 Å². The predicted octanol–water partition coefficient (Wildman–Crippen LogP) is 4.81. The zero-order chi connectivity index (χ0) is 25.9. The number of aliphatic hydroxyl groups is 1. The van der Waals surface area contributed by atoms with Crippen molar-refractivity contribution in [2.24, 2.45) is 0 Å². The summed E-state index contributed by atoms with van der Waals surface area (Å²) in [6, 6.07) is 11.2. The molecule has 1 aromatic heterocycles. The van der Waals surface area contributed by atoms with Gasteiger partial charge >= 0.3 is 5.91 Å². The van der Waals surface area contributed by atoms with Gasteiger partial charge in [-0.2, -0.15) is 0 Å². The van der Waals surface area contributed by atoms with Gasteiger partial charge in [0.1, 0.15) is 29.7 Å². The van der Waals surface area contributed by atoms with Gasteiger partial charge in [-0.05, 0) is 49.2 Å². The number of ether oxygens (including phenoxy) is 3. The van der Waals surface area contributed by atoms with Gasteiger partial charge in [0.25, 0.3) is 5.78 Å². The lowest BCUT2D eigenvalue weighted by molar-refractivity contribution is -0.132. The fraction of sp³-hybridized carbons (Fsp3) is 0.333.